The number of aliphatic carboxylic acids is 1. The normalized spacial score (nSPS) is 20.9. The van der Waals surface area contributed by atoms with Gasteiger partial charge in [0.05, 0.1) is 6.04 Å². The van der Waals surface area contributed by atoms with Crippen molar-refractivity contribution in [1.82, 2.24) is 10.6 Å². The Kier molecular flexibility index (Phi) is 6.46. The summed E-state index contributed by atoms with van der Waals surface area (Å²) in [7, 11) is 0. The van der Waals surface area contributed by atoms with E-state index < -0.39 is 41.8 Å². The van der Waals surface area contributed by atoms with E-state index in [9.17, 15) is 27.6 Å². The van der Waals surface area contributed by atoms with Crippen LogP contribution in [0.2, 0.25) is 0 Å². The molecular formula is C24H23F3N2O6. The number of rotatable bonds is 6. The van der Waals surface area contributed by atoms with Crippen molar-refractivity contribution in [2.45, 2.75) is 43.1 Å². The van der Waals surface area contributed by atoms with E-state index in [-0.39, 0.29) is 25.6 Å². The molecule has 1 aliphatic heterocycles. The standard InChI is InChI=1S/C24H23F3N2O6/c1-23(24(25,26)27,21(32)28-18-10-11-34-19(18)20(30)31)29-22(33)35-12-17-15-8-4-2-6-13(15)14-7-3-5-9-16(14)17/h2-9,17-19H,10-12H2,1H3,(H,28,32)(H,29,33)(H,30,31)/t18-,19+,23?/m1/s1. The van der Waals surface area contributed by atoms with Crippen molar-refractivity contribution in [3.8, 4) is 11.1 Å². The van der Waals surface area contributed by atoms with Crippen LogP contribution in [0.3, 0.4) is 0 Å². The van der Waals surface area contributed by atoms with Gasteiger partial charge in [0.15, 0.2) is 6.10 Å². The van der Waals surface area contributed by atoms with E-state index in [4.69, 9.17) is 14.6 Å². The number of alkyl halides is 3. The molecule has 1 saturated heterocycles. The monoisotopic (exact) mass is 492 g/mol. The Labute approximate surface area is 198 Å². The van der Waals surface area contributed by atoms with Crippen LogP contribution in [0.5, 0.6) is 0 Å². The van der Waals surface area contributed by atoms with E-state index in [2.05, 4.69) is 5.32 Å². The lowest BCUT2D eigenvalue weighted by molar-refractivity contribution is -0.194. The number of carboxylic acids is 1. The molecule has 3 atom stereocenters. The summed E-state index contributed by atoms with van der Waals surface area (Å²) in [6.45, 7) is 0.215. The topological polar surface area (TPSA) is 114 Å². The fourth-order valence-electron chi connectivity index (χ4n) is 4.39. The van der Waals surface area contributed by atoms with Crippen molar-refractivity contribution in [3.05, 3.63) is 59.7 Å². The molecule has 1 unspecified atom stereocenters. The minimum Gasteiger partial charge on any atom is -0.479 e. The highest BCUT2D eigenvalue weighted by Gasteiger charge is 2.59. The van der Waals surface area contributed by atoms with Crippen molar-refractivity contribution in [3.63, 3.8) is 0 Å². The van der Waals surface area contributed by atoms with Gasteiger partial charge in [0.1, 0.15) is 6.61 Å². The number of carbonyl (C=O) groups excluding carboxylic acids is 2. The Bertz CT molecular complexity index is 1110. The van der Waals surface area contributed by atoms with Gasteiger partial charge in [0.2, 0.25) is 5.54 Å². The molecule has 8 nitrogen and oxygen atoms in total. The summed E-state index contributed by atoms with van der Waals surface area (Å²) in [5.74, 6) is -3.41. The highest BCUT2D eigenvalue weighted by atomic mass is 19.4. The Hall–Kier alpha value is -3.60. The molecule has 2 amide bonds. The maximum atomic E-state index is 13.9. The Morgan fingerprint density at radius 1 is 1.06 bits per heavy atom. The molecule has 11 heteroatoms. The predicted molar refractivity (Wildman–Crippen MR) is 117 cm³/mol. The van der Waals surface area contributed by atoms with Crippen molar-refractivity contribution in [2.24, 2.45) is 0 Å². The summed E-state index contributed by atoms with van der Waals surface area (Å²) in [5.41, 5.74) is 0.283. The summed E-state index contributed by atoms with van der Waals surface area (Å²) in [6, 6.07) is 13.7. The second-order valence-corrected chi connectivity index (χ2v) is 8.57. The number of amides is 2. The van der Waals surface area contributed by atoms with Crippen LogP contribution in [-0.2, 0) is 19.1 Å². The number of ether oxygens (including phenoxy) is 2. The van der Waals surface area contributed by atoms with Crippen LogP contribution < -0.4 is 10.6 Å². The van der Waals surface area contributed by atoms with Crippen molar-refractivity contribution in [1.29, 1.82) is 0 Å². The first-order valence-electron chi connectivity index (χ1n) is 10.9. The molecule has 35 heavy (non-hydrogen) atoms. The van der Waals surface area contributed by atoms with Gasteiger partial charge in [-0.3, -0.25) is 10.1 Å². The molecule has 2 aromatic carbocycles. The number of carboxylic acid groups (broad SMARTS) is 1. The number of fused-ring (bicyclic) bond motifs is 3. The van der Waals surface area contributed by atoms with Crippen LogP contribution in [0.1, 0.15) is 30.4 Å². The first-order chi connectivity index (χ1) is 16.5. The zero-order valence-electron chi connectivity index (χ0n) is 18.6. The van der Waals surface area contributed by atoms with Crippen molar-refractivity contribution >= 4 is 18.0 Å². The Balaban J connectivity index is 1.47. The molecule has 1 fully saturated rings. The zero-order chi connectivity index (χ0) is 25.4. The van der Waals surface area contributed by atoms with Crippen LogP contribution in [0, 0.1) is 0 Å². The van der Waals surface area contributed by atoms with Crippen molar-refractivity contribution < 1.29 is 42.1 Å². The number of nitrogens with one attached hydrogen (secondary N) is 2. The highest BCUT2D eigenvalue weighted by Crippen LogP contribution is 2.44. The van der Waals surface area contributed by atoms with Crippen LogP contribution in [0.4, 0.5) is 18.0 Å². The van der Waals surface area contributed by atoms with Crippen LogP contribution in [0.25, 0.3) is 11.1 Å². The van der Waals surface area contributed by atoms with Crippen LogP contribution in [0.15, 0.2) is 48.5 Å². The summed E-state index contributed by atoms with van der Waals surface area (Å²) in [5, 5.41) is 12.8. The molecule has 3 N–H and O–H groups in total. The number of carbonyl (C=O) groups is 3. The molecule has 1 heterocycles. The molecule has 0 saturated carbocycles. The maximum Gasteiger partial charge on any atom is 0.420 e. The fourth-order valence-corrected chi connectivity index (χ4v) is 4.39. The van der Waals surface area contributed by atoms with Gasteiger partial charge in [-0.25, -0.2) is 9.59 Å². The largest absolute Gasteiger partial charge is 0.479 e. The Morgan fingerprint density at radius 3 is 2.17 bits per heavy atom. The van der Waals surface area contributed by atoms with Crippen LogP contribution in [-0.4, -0.2) is 60.2 Å². The number of hydrogen-bond acceptors (Lipinski definition) is 5. The highest BCUT2D eigenvalue weighted by molar-refractivity contribution is 5.91. The van der Waals surface area contributed by atoms with Gasteiger partial charge in [0.25, 0.3) is 5.91 Å². The minimum atomic E-state index is -5.19. The molecule has 0 spiro atoms. The summed E-state index contributed by atoms with van der Waals surface area (Å²) in [4.78, 5) is 36.3. The molecular weight excluding hydrogens is 469 g/mol. The fraction of sp³-hybridized carbons (Fsp3) is 0.375. The Morgan fingerprint density at radius 2 is 1.63 bits per heavy atom. The molecule has 186 valence electrons. The van der Waals surface area contributed by atoms with Gasteiger partial charge in [-0.1, -0.05) is 48.5 Å². The summed E-state index contributed by atoms with van der Waals surface area (Å²) < 4.78 is 51.8. The second kappa shape index (κ2) is 9.21. The average molecular weight is 492 g/mol. The molecule has 2 aliphatic rings. The summed E-state index contributed by atoms with van der Waals surface area (Å²) >= 11 is 0. The van der Waals surface area contributed by atoms with Gasteiger partial charge in [-0.15, -0.1) is 0 Å². The molecule has 1 aliphatic carbocycles. The van der Waals surface area contributed by atoms with E-state index in [1.807, 2.05) is 48.5 Å². The van der Waals surface area contributed by atoms with E-state index in [0.717, 1.165) is 22.3 Å². The van der Waals surface area contributed by atoms with E-state index >= 15 is 0 Å². The number of alkyl carbamates (subject to hydrolysis) is 1. The molecule has 4 rings (SSSR count). The van der Waals surface area contributed by atoms with Gasteiger partial charge in [-0.2, -0.15) is 13.2 Å². The number of halogens is 3. The van der Waals surface area contributed by atoms with Gasteiger partial charge in [-0.05, 0) is 35.6 Å². The first kappa shape index (κ1) is 24.5. The van der Waals surface area contributed by atoms with Gasteiger partial charge < -0.3 is 19.9 Å². The van der Waals surface area contributed by atoms with E-state index in [1.54, 1.807) is 5.32 Å². The molecule has 0 bridgehead atoms. The van der Waals surface area contributed by atoms with E-state index in [0.29, 0.717) is 6.92 Å². The third-order valence-corrected chi connectivity index (χ3v) is 6.37. The zero-order valence-corrected chi connectivity index (χ0v) is 18.6. The van der Waals surface area contributed by atoms with Gasteiger partial charge >= 0.3 is 18.2 Å². The molecule has 0 radical (unpaired) electrons. The van der Waals surface area contributed by atoms with Gasteiger partial charge in [0, 0.05) is 12.5 Å². The van der Waals surface area contributed by atoms with Crippen LogP contribution >= 0.6 is 0 Å². The lowest BCUT2D eigenvalue weighted by Crippen LogP contribution is -2.67. The maximum absolute atomic E-state index is 13.9. The first-order valence-corrected chi connectivity index (χ1v) is 10.9. The lowest BCUT2D eigenvalue weighted by Gasteiger charge is -2.32. The second-order valence-electron chi connectivity index (χ2n) is 8.57. The third kappa shape index (κ3) is 4.55. The third-order valence-electron chi connectivity index (χ3n) is 6.37. The minimum absolute atomic E-state index is 0.0155. The summed E-state index contributed by atoms with van der Waals surface area (Å²) in [6.07, 6.45) is -8.09. The number of benzene rings is 2. The smallest absolute Gasteiger partial charge is 0.420 e. The molecule has 2 aromatic rings. The molecule has 0 aromatic heterocycles. The lowest BCUT2D eigenvalue weighted by atomic mass is 9.98. The quantitative estimate of drug-likeness (QED) is 0.571. The van der Waals surface area contributed by atoms with Crippen molar-refractivity contribution in [2.75, 3.05) is 13.2 Å². The predicted octanol–water partition coefficient (Wildman–Crippen LogP) is 3.20. The average Bonchev–Trinajstić information content (AvgIpc) is 3.39. The SMILES string of the molecule is CC(NC(=O)OCC1c2ccccc2-c2ccccc21)(C(=O)N[C@@H]1CCO[C@@H]1C(=O)O)C(F)(F)F. The van der Waals surface area contributed by atoms with E-state index in [1.165, 1.54) is 0 Å². The number of hydrogen-bond donors (Lipinski definition) is 3.